The Hall–Kier alpha value is -2.89. The normalized spacial score (nSPS) is 10.1. The van der Waals surface area contributed by atoms with Gasteiger partial charge in [-0.1, -0.05) is 12.1 Å². The van der Waals surface area contributed by atoms with Crippen LogP contribution in [-0.4, -0.2) is 15.9 Å². The van der Waals surface area contributed by atoms with Crippen LogP contribution in [0, 0.1) is 17.0 Å². The van der Waals surface area contributed by atoms with E-state index in [2.05, 4.69) is 5.32 Å². The summed E-state index contributed by atoms with van der Waals surface area (Å²) in [6.07, 6.45) is 0. The van der Waals surface area contributed by atoms with E-state index in [1.165, 1.54) is 30.3 Å². The lowest BCUT2D eigenvalue weighted by atomic mass is 10.1. The van der Waals surface area contributed by atoms with Gasteiger partial charge in [0.25, 0.3) is 11.6 Å². The van der Waals surface area contributed by atoms with Crippen molar-refractivity contribution in [3.05, 3.63) is 63.7 Å². The third-order valence-corrected chi connectivity index (χ3v) is 2.80. The average Bonchev–Trinajstić information content (AvgIpc) is 2.43. The number of benzene rings is 2. The number of phenols is 1. The molecule has 0 fully saturated rings. The maximum Gasteiger partial charge on any atom is 0.282 e. The van der Waals surface area contributed by atoms with Crippen LogP contribution in [-0.2, 0) is 0 Å². The topological polar surface area (TPSA) is 92.5 Å². The Morgan fingerprint density at radius 3 is 2.60 bits per heavy atom. The number of phenolic OH excluding ortho intramolecular Hbond substituents is 1. The molecule has 0 saturated heterocycles. The molecule has 2 aromatic rings. The molecular formula is C14H12N2O4. The molecule has 6 nitrogen and oxygen atoms in total. The smallest absolute Gasteiger partial charge is 0.282 e. The predicted octanol–water partition coefficient (Wildman–Crippen LogP) is 2.86. The molecule has 2 aromatic carbocycles. The van der Waals surface area contributed by atoms with Crippen molar-refractivity contribution in [2.45, 2.75) is 6.92 Å². The van der Waals surface area contributed by atoms with Crippen molar-refractivity contribution in [1.82, 2.24) is 0 Å². The van der Waals surface area contributed by atoms with Gasteiger partial charge in [-0.25, -0.2) is 0 Å². The quantitative estimate of drug-likeness (QED) is 0.510. The summed E-state index contributed by atoms with van der Waals surface area (Å²) in [4.78, 5) is 22.3. The number of hydrogen-bond donors (Lipinski definition) is 2. The van der Waals surface area contributed by atoms with Gasteiger partial charge in [-0.3, -0.25) is 14.9 Å². The van der Waals surface area contributed by atoms with Crippen molar-refractivity contribution < 1.29 is 14.8 Å². The SMILES string of the molecule is Cc1cc(NC(=O)c2ccccc2[N+](=O)[O-])ccc1O. The third-order valence-electron chi connectivity index (χ3n) is 2.80. The van der Waals surface area contributed by atoms with Crippen molar-refractivity contribution in [2.75, 3.05) is 5.32 Å². The highest BCUT2D eigenvalue weighted by Crippen LogP contribution is 2.22. The van der Waals surface area contributed by atoms with Crippen LogP contribution in [0.3, 0.4) is 0 Å². The minimum Gasteiger partial charge on any atom is -0.508 e. The van der Waals surface area contributed by atoms with E-state index >= 15 is 0 Å². The fraction of sp³-hybridized carbons (Fsp3) is 0.0714. The van der Waals surface area contributed by atoms with Gasteiger partial charge in [-0.15, -0.1) is 0 Å². The maximum absolute atomic E-state index is 12.1. The Kier molecular flexibility index (Phi) is 3.65. The first-order chi connectivity index (χ1) is 9.49. The number of nitro benzene ring substituents is 1. The van der Waals surface area contributed by atoms with Crippen LogP contribution in [0.25, 0.3) is 0 Å². The number of aryl methyl sites for hydroxylation is 1. The van der Waals surface area contributed by atoms with Gasteiger partial charge in [-0.05, 0) is 36.8 Å². The summed E-state index contributed by atoms with van der Waals surface area (Å²) >= 11 is 0. The molecule has 6 heteroatoms. The zero-order valence-corrected chi connectivity index (χ0v) is 10.7. The van der Waals surface area contributed by atoms with E-state index in [1.54, 1.807) is 19.1 Å². The standard InChI is InChI=1S/C14H12N2O4/c1-9-8-10(6-7-13(9)17)15-14(18)11-4-2-3-5-12(11)16(19)20/h2-8,17H,1H3,(H,15,18). The summed E-state index contributed by atoms with van der Waals surface area (Å²) in [7, 11) is 0. The van der Waals surface area contributed by atoms with E-state index in [0.717, 1.165) is 0 Å². The highest BCUT2D eigenvalue weighted by atomic mass is 16.6. The molecule has 102 valence electrons. The number of hydrogen-bond acceptors (Lipinski definition) is 4. The molecule has 0 radical (unpaired) electrons. The number of nitro groups is 1. The molecule has 0 spiro atoms. The monoisotopic (exact) mass is 272 g/mol. The molecule has 20 heavy (non-hydrogen) atoms. The van der Waals surface area contributed by atoms with Gasteiger partial charge >= 0.3 is 0 Å². The highest BCUT2D eigenvalue weighted by Gasteiger charge is 2.19. The summed E-state index contributed by atoms with van der Waals surface area (Å²) in [5.41, 5.74) is 0.803. The Morgan fingerprint density at radius 1 is 1.25 bits per heavy atom. The Morgan fingerprint density at radius 2 is 1.95 bits per heavy atom. The number of para-hydroxylation sites is 1. The van der Waals surface area contributed by atoms with Crippen LogP contribution in [0.2, 0.25) is 0 Å². The van der Waals surface area contributed by atoms with E-state index in [9.17, 15) is 20.0 Å². The maximum atomic E-state index is 12.1. The van der Waals surface area contributed by atoms with Crippen molar-refractivity contribution in [1.29, 1.82) is 0 Å². The molecule has 2 rings (SSSR count). The Bertz CT molecular complexity index is 683. The van der Waals surface area contributed by atoms with Gasteiger partial charge in [0.15, 0.2) is 0 Å². The second kappa shape index (κ2) is 5.40. The van der Waals surface area contributed by atoms with Crippen LogP contribution in [0.4, 0.5) is 11.4 Å². The molecule has 0 bridgehead atoms. The fourth-order valence-corrected chi connectivity index (χ4v) is 1.76. The minimum atomic E-state index is -0.600. The summed E-state index contributed by atoms with van der Waals surface area (Å²) < 4.78 is 0. The summed E-state index contributed by atoms with van der Waals surface area (Å²) in [6.45, 7) is 1.69. The molecule has 0 atom stereocenters. The van der Waals surface area contributed by atoms with Gasteiger partial charge in [0.2, 0.25) is 0 Å². The number of rotatable bonds is 3. The molecule has 0 heterocycles. The number of aromatic hydroxyl groups is 1. The van der Waals surface area contributed by atoms with Crippen molar-refractivity contribution in [3.63, 3.8) is 0 Å². The molecule has 2 N–H and O–H groups in total. The minimum absolute atomic E-state index is 0.0109. The van der Waals surface area contributed by atoms with E-state index in [1.807, 2.05) is 0 Å². The van der Waals surface area contributed by atoms with Gasteiger partial charge in [0, 0.05) is 11.8 Å². The average molecular weight is 272 g/mol. The number of nitrogens with one attached hydrogen (secondary N) is 1. The van der Waals surface area contributed by atoms with E-state index in [-0.39, 0.29) is 17.0 Å². The molecule has 0 aromatic heterocycles. The largest absolute Gasteiger partial charge is 0.508 e. The van der Waals surface area contributed by atoms with Crippen molar-refractivity contribution in [2.24, 2.45) is 0 Å². The lowest BCUT2D eigenvalue weighted by molar-refractivity contribution is -0.385. The van der Waals surface area contributed by atoms with E-state index < -0.39 is 10.8 Å². The van der Waals surface area contributed by atoms with Gasteiger partial charge in [-0.2, -0.15) is 0 Å². The van der Waals surface area contributed by atoms with Crippen molar-refractivity contribution in [3.8, 4) is 5.75 Å². The molecule has 1 amide bonds. The fourth-order valence-electron chi connectivity index (χ4n) is 1.76. The summed E-state index contributed by atoms with van der Waals surface area (Å²) in [5.74, 6) is -0.448. The van der Waals surface area contributed by atoms with Crippen LogP contribution in [0.15, 0.2) is 42.5 Å². The predicted molar refractivity (Wildman–Crippen MR) is 73.9 cm³/mol. The number of amides is 1. The van der Waals surface area contributed by atoms with Crippen LogP contribution >= 0.6 is 0 Å². The summed E-state index contributed by atoms with van der Waals surface area (Å²) in [5, 5.41) is 22.8. The molecule has 0 aliphatic rings. The molecule has 0 unspecified atom stereocenters. The number of carbonyl (C=O) groups is 1. The van der Waals surface area contributed by atoms with Gasteiger partial charge < -0.3 is 10.4 Å². The lowest BCUT2D eigenvalue weighted by Gasteiger charge is -2.07. The molecule has 0 aliphatic heterocycles. The van der Waals surface area contributed by atoms with Crippen molar-refractivity contribution >= 4 is 17.3 Å². The third kappa shape index (κ3) is 2.74. The molecular weight excluding hydrogens is 260 g/mol. The first-order valence-corrected chi connectivity index (χ1v) is 5.83. The highest BCUT2D eigenvalue weighted by molar-refractivity contribution is 6.07. The van der Waals surface area contributed by atoms with Crippen LogP contribution < -0.4 is 5.32 Å². The second-order valence-corrected chi connectivity index (χ2v) is 4.23. The first kappa shape index (κ1) is 13.5. The number of carbonyl (C=O) groups excluding carboxylic acids is 1. The summed E-state index contributed by atoms with van der Waals surface area (Å²) in [6, 6.07) is 10.3. The van der Waals surface area contributed by atoms with Gasteiger partial charge in [0.1, 0.15) is 11.3 Å². The van der Waals surface area contributed by atoms with E-state index in [4.69, 9.17) is 0 Å². The zero-order chi connectivity index (χ0) is 14.7. The number of anilines is 1. The zero-order valence-electron chi connectivity index (χ0n) is 10.7. The van der Waals surface area contributed by atoms with E-state index in [0.29, 0.717) is 11.3 Å². The second-order valence-electron chi connectivity index (χ2n) is 4.23. The Balaban J connectivity index is 2.28. The molecule has 0 saturated carbocycles. The van der Waals surface area contributed by atoms with Gasteiger partial charge in [0.05, 0.1) is 4.92 Å². The number of nitrogens with zero attached hydrogens (tertiary/aromatic N) is 1. The Labute approximate surface area is 114 Å². The van der Waals surface area contributed by atoms with Crippen LogP contribution in [0.5, 0.6) is 5.75 Å². The van der Waals surface area contributed by atoms with Crippen LogP contribution in [0.1, 0.15) is 15.9 Å². The lowest BCUT2D eigenvalue weighted by Crippen LogP contribution is -2.13. The molecule has 0 aliphatic carbocycles. The first-order valence-electron chi connectivity index (χ1n) is 5.83.